The van der Waals surface area contributed by atoms with Gasteiger partial charge >= 0.3 is 0 Å². The summed E-state index contributed by atoms with van der Waals surface area (Å²) in [5.41, 5.74) is 0. The number of piperidine rings is 1. The van der Waals surface area contributed by atoms with Gasteiger partial charge in [0.25, 0.3) is 0 Å². The lowest BCUT2D eigenvalue weighted by molar-refractivity contribution is 0.110. The Labute approximate surface area is 80.4 Å². The maximum absolute atomic E-state index is 8.89. The molecule has 1 saturated heterocycles. The number of likely N-dealkylation sites (tertiary alicyclic amines) is 1. The van der Waals surface area contributed by atoms with E-state index in [-0.39, 0.29) is 6.61 Å². The zero-order valence-corrected chi connectivity index (χ0v) is 8.28. The van der Waals surface area contributed by atoms with E-state index < -0.39 is 0 Å². The van der Waals surface area contributed by atoms with E-state index >= 15 is 0 Å². The molecular weight excluding hydrogens is 166 g/mol. The zero-order chi connectivity index (χ0) is 9.52. The Morgan fingerprint density at radius 3 is 2.69 bits per heavy atom. The minimum absolute atomic E-state index is 0.280. The number of aliphatic hydroxyl groups is 2. The molecule has 0 amide bonds. The monoisotopic (exact) mass is 187 g/mol. The first-order chi connectivity index (χ1) is 6.38. The molecule has 0 aromatic rings. The van der Waals surface area contributed by atoms with Gasteiger partial charge in [0.1, 0.15) is 0 Å². The topological polar surface area (TPSA) is 43.7 Å². The standard InChI is InChI=1S/C10H21NO2/c12-8-3-7-11-6-2-1-4-10(11)5-9-13/h10,12-13H,1-9H2. The van der Waals surface area contributed by atoms with E-state index in [1.165, 1.54) is 19.3 Å². The Kier molecular flexibility index (Phi) is 5.35. The summed E-state index contributed by atoms with van der Waals surface area (Å²) in [6, 6.07) is 0.560. The summed E-state index contributed by atoms with van der Waals surface area (Å²) in [4.78, 5) is 2.41. The van der Waals surface area contributed by atoms with Crippen molar-refractivity contribution in [1.82, 2.24) is 4.90 Å². The van der Waals surface area contributed by atoms with Crippen LogP contribution >= 0.6 is 0 Å². The van der Waals surface area contributed by atoms with E-state index in [1.54, 1.807) is 0 Å². The fraction of sp³-hybridized carbons (Fsp3) is 1.00. The number of hydrogen-bond acceptors (Lipinski definition) is 3. The van der Waals surface area contributed by atoms with Crippen LogP contribution in [0.3, 0.4) is 0 Å². The minimum Gasteiger partial charge on any atom is -0.396 e. The van der Waals surface area contributed by atoms with E-state index in [0.29, 0.717) is 12.6 Å². The highest BCUT2D eigenvalue weighted by molar-refractivity contribution is 4.76. The number of aliphatic hydroxyl groups excluding tert-OH is 2. The van der Waals surface area contributed by atoms with Crippen LogP contribution in [-0.4, -0.2) is 47.5 Å². The van der Waals surface area contributed by atoms with Crippen LogP contribution in [-0.2, 0) is 0 Å². The molecule has 0 aromatic carbocycles. The van der Waals surface area contributed by atoms with Crippen molar-refractivity contribution in [1.29, 1.82) is 0 Å². The molecule has 0 aromatic heterocycles. The predicted octanol–water partition coefficient (Wildman–Crippen LogP) is 0.606. The molecule has 3 nitrogen and oxygen atoms in total. The first-order valence-corrected chi connectivity index (χ1v) is 5.34. The number of rotatable bonds is 5. The van der Waals surface area contributed by atoms with Crippen LogP contribution in [0.4, 0.5) is 0 Å². The highest BCUT2D eigenvalue weighted by Crippen LogP contribution is 2.19. The highest BCUT2D eigenvalue weighted by atomic mass is 16.3. The molecular formula is C10H21NO2. The molecule has 13 heavy (non-hydrogen) atoms. The van der Waals surface area contributed by atoms with Gasteiger partial charge in [-0.25, -0.2) is 0 Å². The van der Waals surface area contributed by atoms with E-state index in [0.717, 1.165) is 25.9 Å². The first-order valence-electron chi connectivity index (χ1n) is 5.34. The van der Waals surface area contributed by atoms with Crippen molar-refractivity contribution < 1.29 is 10.2 Å². The maximum Gasteiger partial charge on any atom is 0.0445 e. The van der Waals surface area contributed by atoms with Gasteiger partial charge in [-0.3, -0.25) is 0 Å². The van der Waals surface area contributed by atoms with E-state index in [9.17, 15) is 0 Å². The van der Waals surface area contributed by atoms with Gasteiger partial charge in [0.2, 0.25) is 0 Å². The Bertz CT molecular complexity index is 128. The summed E-state index contributed by atoms with van der Waals surface area (Å²) < 4.78 is 0. The molecule has 0 spiro atoms. The summed E-state index contributed by atoms with van der Waals surface area (Å²) in [5.74, 6) is 0. The van der Waals surface area contributed by atoms with Crippen LogP contribution in [0.1, 0.15) is 32.1 Å². The van der Waals surface area contributed by atoms with Crippen molar-refractivity contribution in [2.45, 2.75) is 38.1 Å². The molecule has 1 unspecified atom stereocenters. The second-order valence-corrected chi connectivity index (χ2v) is 3.78. The van der Waals surface area contributed by atoms with Crippen LogP contribution < -0.4 is 0 Å². The molecule has 1 aliphatic rings. The van der Waals surface area contributed by atoms with Crippen LogP contribution in [0.15, 0.2) is 0 Å². The summed E-state index contributed by atoms with van der Waals surface area (Å²) in [6.45, 7) is 2.70. The second-order valence-electron chi connectivity index (χ2n) is 3.78. The van der Waals surface area contributed by atoms with Crippen molar-refractivity contribution in [3.05, 3.63) is 0 Å². The largest absolute Gasteiger partial charge is 0.396 e. The Morgan fingerprint density at radius 2 is 2.00 bits per heavy atom. The average Bonchev–Trinajstić information content (AvgIpc) is 2.17. The SMILES string of the molecule is OCCCN1CCCCC1CCO. The molecule has 1 rings (SSSR count). The maximum atomic E-state index is 8.89. The lowest BCUT2D eigenvalue weighted by atomic mass is 9.99. The molecule has 1 aliphatic heterocycles. The number of hydrogen-bond donors (Lipinski definition) is 2. The van der Waals surface area contributed by atoms with Gasteiger partial charge in [0.05, 0.1) is 0 Å². The van der Waals surface area contributed by atoms with Gasteiger partial charge in [0.15, 0.2) is 0 Å². The fourth-order valence-corrected chi connectivity index (χ4v) is 2.10. The normalized spacial score (nSPS) is 24.9. The van der Waals surface area contributed by atoms with Crippen molar-refractivity contribution in [3.63, 3.8) is 0 Å². The Balaban J connectivity index is 2.28. The predicted molar refractivity (Wildman–Crippen MR) is 52.6 cm³/mol. The third-order valence-electron chi connectivity index (χ3n) is 2.81. The Morgan fingerprint density at radius 1 is 1.15 bits per heavy atom. The number of nitrogens with zero attached hydrogens (tertiary/aromatic N) is 1. The molecule has 78 valence electrons. The lowest BCUT2D eigenvalue weighted by Crippen LogP contribution is -2.40. The van der Waals surface area contributed by atoms with Gasteiger partial charge in [-0.05, 0) is 32.2 Å². The van der Waals surface area contributed by atoms with Crippen LogP contribution in [0.25, 0.3) is 0 Å². The molecule has 0 bridgehead atoms. The van der Waals surface area contributed by atoms with Crippen molar-refractivity contribution >= 4 is 0 Å². The van der Waals surface area contributed by atoms with E-state index in [4.69, 9.17) is 10.2 Å². The summed E-state index contributed by atoms with van der Waals surface area (Å²) >= 11 is 0. The molecule has 3 heteroatoms. The fourth-order valence-electron chi connectivity index (χ4n) is 2.10. The molecule has 1 heterocycles. The minimum atomic E-state index is 0.280. The van der Waals surface area contributed by atoms with E-state index in [1.807, 2.05) is 0 Å². The molecule has 1 fully saturated rings. The van der Waals surface area contributed by atoms with E-state index in [2.05, 4.69) is 4.90 Å². The molecule has 2 N–H and O–H groups in total. The third-order valence-corrected chi connectivity index (χ3v) is 2.81. The smallest absolute Gasteiger partial charge is 0.0445 e. The lowest BCUT2D eigenvalue weighted by Gasteiger charge is -2.35. The summed E-state index contributed by atoms with van der Waals surface area (Å²) in [7, 11) is 0. The third kappa shape index (κ3) is 3.63. The quantitative estimate of drug-likeness (QED) is 0.662. The zero-order valence-electron chi connectivity index (χ0n) is 8.28. The van der Waals surface area contributed by atoms with Crippen molar-refractivity contribution in [2.24, 2.45) is 0 Å². The molecule has 0 radical (unpaired) electrons. The molecule has 1 atom stereocenters. The molecule has 0 saturated carbocycles. The van der Waals surface area contributed by atoms with Crippen LogP contribution in [0, 0.1) is 0 Å². The highest BCUT2D eigenvalue weighted by Gasteiger charge is 2.20. The average molecular weight is 187 g/mol. The molecule has 0 aliphatic carbocycles. The van der Waals surface area contributed by atoms with Gasteiger partial charge in [-0.15, -0.1) is 0 Å². The van der Waals surface area contributed by atoms with Crippen molar-refractivity contribution in [2.75, 3.05) is 26.3 Å². The Hall–Kier alpha value is -0.120. The van der Waals surface area contributed by atoms with Gasteiger partial charge in [-0.2, -0.15) is 0 Å². The first kappa shape index (κ1) is 11.0. The van der Waals surface area contributed by atoms with Gasteiger partial charge < -0.3 is 15.1 Å². The van der Waals surface area contributed by atoms with Crippen molar-refractivity contribution in [3.8, 4) is 0 Å². The van der Waals surface area contributed by atoms with Crippen LogP contribution in [0.5, 0.6) is 0 Å². The summed E-state index contributed by atoms with van der Waals surface area (Å²) in [6.07, 6.45) is 5.53. The van der Waals surface area contributed by atoms with Gasteiger partial charge in [0, 0.05) is 25.8 Å². The summed E-state index contributed by atoms with van der Waals surface area (Å²) in [5, 5.41) is 17.6. The van der Waals surface area contributed by atoms with Gasteiger partial charge in [-0.1, -0.05) is 6.42 Å². The second kappa shape index (κ2) is 6.35. The van der Waals surface area contributed by atoms with Crippen LogP contribution in [0.2, 0.25) is 0 Å².